The predicted molar refractivity (Wildman–Crippen MR) is 57.3 cm³/mol. The van der Waals surface area contributed by atoms with E-state index in [1.807, 2.05) is 20.8 Å². The molecular weight excluding hydrogens is 253 g/mol. The fraction of sp³-hybridized carbons (Fsp3) is 0.444. The maximum atomic E-state index is 5.74. The zero-order chi connectivity index (χ0) is 10.1. The molecule has 0 radical (unpaired) electrons. The number of pyridine rings is 1. The average molecular weight is 265 g/mol. The SMILES string of the molecule is CC(C)(C)Oc1ncc(Cl)cc1Br. The second-order valence-electron chi connectivity index (χ2n) is 3.65. The second-order valence-corrected chi connectivity index (χ2v) is 4.95. The smallest absolute Gasteiger partial charge is 0.228 e. The summed E-state index contributed by atoms with van der Waals surface area (Å²) >= 11 is 9.07. The van der Waals surface area contributed by atoms with Crippen LogP contribution in [0.4, 0.5) is 0 Å². The maximum absolute atomic E-state index is 5.74. The molecule has 0 saturated heterocycles. The molecule has 0 N–H and O–H groups in total. The fourth-order valence-corrected chi connectivity index (χ4v) is 1.49. The van der Waals surface area contributed by atoms with Gasteiger partial charge in [0, 0.05) is 6.20 Å². The first-order chi connectivity index (χ1) is 5.88. The highest BCUT2D eigenvalue weighted by Gasteiger charge is 2.14. The third kappa shape index (κ3) is 3.53. The normalized spacial score (nSPS) is 11.5. The van der Waals surface area contributed by atoms with Crippen LogP contribution in [-0.4, -0.2) is 10.6 Å². The van der Waals surface area contributed by atoms with Gasteiger partial charge in [0.05, 0.1) is 9.50 Å². The molecule has 0 bridgehead atoms. The molecule has 0 aliphatic heterocycles. The van der Waals surface area contributed by atoms with Crippen molar-refractivity contribution >= 4 is 27.5 Å². The van der Waals surface area contributed by atoms with E-state index in [9.17, 15) is 0 Å². The van der Waals surface area contributed by atoms with E-state index >= 15 is 0 Å². The predicted octanol–water partition coefficient (Wildman–Crippen LogP) is 3.67. The van der Waals surface area contributed by atoms with Crippen LogP contribution in [-0.2, 0) is 0 Å². The van der Waals surface area contributed by atoms with E-state index in [1.165, 1.54) is 0 Å². The molecule has 0 spiro atoms. The molecule has 4 heteroatoms. The molecule has 1 aromatic heterocycles. The molecule has 0 atom stereocenters. The van der Waals surface area contributed by atoms with E-state index in [4.69, 9.17) is 16.3 Å². The van der Waals surface area contributed by atoms with E-state index in [0.717, 1.165) is 4.47 Å². The van der Waals surface area contributed by atoms with Gasteiger partial charge >= 0.3 is 0 Å². The highest BCUT2D eigenvalue weighted by atomic mass is 79.9. The zero-order valence-corrected chi connectivity index (χ0v) is 10.1. The van der Waals surface area contributed by atoms with Gasteiger partial charge in [-0.1, -0.05) is 11.6 Å². The van der Waals surface area contributed by atoms with E-state index in [0.29, 0.717) is 10.9 Å². The van der Waals surface area contributed by atoms with Crippen LogP contribution in [0.5, 0.6) is 5.88 Å². The summed E-state index contributed by atoms with van der Waals surface area (Å²) in [7, 11) is 0. The fourth-order valence-electron chi connectivity index (χ4n) is 0.767. The van der Waals surface area contributed by atoms with Gasteiger partial charge in [-0.3, -0.25) is 0 Å². The van der Waals surface area contributed by atoms with Crippen LogP contribution in [0.1, 0.15) is 20.8 Å². The largest absolute Gasteiger partial charge is 0.471 e. The van der Waals surface area contributed by atoms with Crippen molar-refractivity contribution < 1.29 is 4.74 Å². The van der Waals surface area contributed by atoms with Crippen molar-refractivity contribution in [2.75, 3.05) is 0 Å². The number of nitrogens with zero attached hydrogens (tertiary/aromatic N) is 1. The minimum absolute atomic E-state index is 0.247. The monoisotopic (exact) mass is 263 g/mol. The van der Waals surface area contributed by atoms with Gasteiger partial charge in [-0.2, -0.15) is 0 Å². The van der Waals surface area contributed by atoms with Gasteiger partial charge < -0.3 is 4.74 Å². The first-order valence-electron chi connectivity index (χ1n) is 3.88. The van der Waals surface area contributed by atoms with Crippen LogP contribution in [0.15, 0.2) is 16.7 Å². The van der Waals surface area contributed by atoms with Gasteiger partial charge in [-0.05, 0) is 42.8 Å². The summed E-state index contributed by atoms with van der Waals surface area (Å²) < 4.78 is 6.34. The number of rotatable bonds is 1. The van der Waals surface area contributed by atoms with Crippen molar-refractivity contribution in [3.8, 4) is 5.88 Å². The summed E-state index contributed by atoms with van der Waals surface area (Å²) in [6, 6.07) is 1.76. The van der Waals surface area contributed by atoms with Crippen molar-refractivity contribution in [2.45, 2.75) is 26.4 Å². The van der Waals surface area contributed by atoms with Gasteiger partial charge in [0.2, 0.25) is 5.88 Å². The highest BCUT2D eigenvalue weighted by Crippen LogP contribution is 2.27. The summed E-state index contributed by atoms with van der Waals surface area (Å²) in [5, 5.41) is 0.591. The lowest BCUT2D eigenvalue weighted by atomic mass is 10.2. The van der Waals surface area contributed by atoms with Crippen LogP contribution in [0.2, 0.25) is 5.02 Å². The minimum atomic E-state index is -0.247. The summed E-state index contributed by atoms with van der Waals surface area (Å²) in [6.45, 7) is 5.90. The lowest BCUT2D eigenvalue weighted by molar-refractivity contribution is 0.123. The van der Waals surface area contributed by atoms with Crippen molar-refractivity contribution in [2.24, 2.45) is 0 Å². The molecule has 0 amide bonds. The van der Waals surface area contributed by atoms with E-state index in [-0.39, 0.29) is 5.60 Å². The average Bonchev–Trinajstić information content (AvgIpc) is 1.93. The topological polar surface area (TPSA) is 22.1 Å². The van der Waals surface area contributed by atoms with E-state index in [2.05, 4.69) is 20.9 Å². The number of aromatic nitrogens is 1. The summed E-state index contributed by atoms with van der Waals surface area (Å²) in [5.41, 5.74) is -0.247. The molecule has 1 rings (SSSR count). The molecule has 0 aliphatic rings. The molecule has 0 unspecified atom stereocenters. The van der Waals surface area contributed by atoms with Gasteiger partial charge in [0.25, 0.3) is 0 Å². The number of halogens is 2. The molecule has 72 valence electrons. The van der Waals surface area contributed by atoms with Gasteiger partial charge in [0.15, 0.2) is 0 Å². The van der Waals surface area contributed by atoms with Crippen LogP contribution in [0.25, 0.3) is 0 Å². The number of hydrogen-bond acceptors (Lipinski definition) is 2. The number of hydrogen-bond donors (Lipinski definition) is 0. The van der Waals surface area contributed by atoms with E-state index < -0.39 is 0 Å². The standard InChI is InChI=1S/C9H11BrClNO/c1-9(2,3)13-8-7(10)4-6(11)5-12-8/h4-5H,1-3H3. The van der Waals surface area contributed by atoms with Gasteiger partial charge in [0.1, 0.15) is 5.60 Å². The van der Waals surface area contributed by atoms with Crippen molar-refractivity contribution in [3.63, 3.8) is 0 Å². The van der Waals surface area contributed by atoms with Gasteiger partial charge in [-0.15, -0.1) is 0 Å². The Morgan fingerprint density at radius 2 is 2.08 bits per heavy atom. The minimum Gasteiger partial charge on any atom is -0.471 e. The van der Waals surface area contributed by atoms with E-state index in [1.54, 1.807) is 12.3 Å². The lowest BCUT2D eigenvalue weighted by Gasteiger charge is -2.20. The third-order valence-electron chi connectivity index (χ3n) is 1.18. The Balaban J connectivity index is 2.90. The molecule has 1 heterocycles. The first kappa shape index (κ1) is 10.8. The lowest BCUT2D eigenvalue weighted by Crippen LogP contribution is -2.23. The molecular formula is C9H11BrClNO. The highest BCUT2D eigenvalue weighted by molar-refractivity contribution is 9.10. The van der Waals surface area contributed by atoms with Crippen LogP contribution < -0.4 is 4.74 Å². The molecule has 0 fully saturated rings. The Morgan fingerprint density at radius 3 is 2.54 bits per heavy atom. The van der Waals surface area contributed by atoms with Crippen molar-refractivity contribution in [3.05, 3.63) is 21.8 Å². The third-order valence-corrected chi connectivity index (χ3v) is 1.95. The van der Waals surface area contributed by atoms with Crippen LogP contribution >= 0.6 is 27.5 Å². The Hall–Kier alpha value is -0.280. The Kier molecular flexibility index (Phi) is 3.19. The second kappa shape index (κ2) is 3.84. The zero-order valence-electron chi connectivity index (χ0n) is 7.77. The summed E-state index contributed by atoms with van der Waals surface area (Å²) in [6.07, 6.45) is 1.56. The molecule has 0 aromatic carbocycles. The van der Waals surface area contributed by atoms with Crippen LogP contribution in [0, 0.1) is 0 Å². The van der Waals surface area contributed by atoms with Crippen molar-refractivity contribution in [1.82, 2.24) is 4.98 Å². The van der Waals surface area contributed by atoms with Crippen LogP contribution in [0.3, 0.4) is 0 Å². The molecule has 2 nitrogen and oxygen atoms in total. The first-order valence-corrected chi connectivity index (χ1v) is 5.06. The summed E-state index contributed by atoms with van der Waals surface area (Å²) in [4.78, 5) is 4.06. The summed E-state index contributed by atoms with van der Waals surface area (Å²) in [5.74, 6) is 0.567. The Labute approximate surface area is 91.4 Å². The Morgan fingerprint density at radius 1 is 1.46 bits per heavy atom. The maximum Gasteiger partial charge on any atom is 0.228 e. The molecule has 0 saturated carbocycles. The molecule has 1 aromatic rings. The Bertz CT molecular complexity index is 309. The van der Waals surface area contributed by atoms with Crippen molar-refractivity contribution in [1.29, 1.82) is 0 Å². The number of ether oxygens (including phenoxy) is 1. The molecule has 0 aliphatic carbocycles. The van der Waals surface area contributed by atoms with Gasteiger partial charge in [-0.25, -0.2) is 4.98 Å². The molecule has 13 heavy (non-hydrogen) atoms. The quantitative estimate of drug-likeness (QED) is 0.772.